The Morgan fingerprint density at radius 3 is 1.67 bits per heavy atom. The van der Waals surface area contributed by atoms with Crippen LogP contribution < -0.4 is 0 Å². The van der Waals surface area contributed by atoms with Crippen LogP contribution >= 0.6 is 0 Å². The van der Waals surface area contributed by atoms with E-state index < -0.39 is 25.1 Å². The zero-order valence-corrected chi connectivity index (χ0v) is 12.5. The zero-order chi connectivity index (χ0) is 15.8. The van der Waals surface area contributed by atoms with Crippen molar-refractivity contribution in [3.8, 4) is 0 Å². The summed E-state index contributed by atoms with van der Waals surface area (Å²) >= 11 is 0. The van der Waals surface area contributed by atoms with Crippen molar-refractivity contribution in [2.45, 2.75) is 0 Å². The summed E-state index contributed by atoms with van der Waals surface area (Å²) < 4.78 is 25.3. The molecule has 0 aromatic carbocycles. The summed E-state index contributed by atoms with van der Waals surface area (Å²) in [6.45, 7) is 2.36. The highest BCUT2D eigenvalue weighted by Crippen LogP contribution is 1.97. The van der Waals surface area contributed by atoms with Crippen LogP contribution in [-0.2, 0) is 28.5 Å². The quantitative estimate of drug-likeness (QED) is 0.288. The molecule has 0 radical (unpaired) electrons. The van der Waals surface area contributed by atoms with Crippen LogP contribution in [0.15, 0.2) is 0 Å². The Bertz CT molecular complexity index is 232. The van der Waals surface area contributed by atoms with Gasteiger partial charge < -0.3 is 33.9 Å². The van der Waals surface area contributed by atoms with Gasteiger partial charge in [0, 0.05) is 7.11 Å². The fourth-order valence-corrected chi connectivity index (χ4v) is 1.21. The Hall–Kier alpha value is -0.770. The highest BCUT2D eigenvalue weighted by Gasteiger charge is 2.17. The number of rotatable bonds is 15. The molecule has 0 saturated heterocycles. The molecule has 0 spiro atoms. The van der Waals surface area contributed by atoms with E-state index in [-0.39, 0.29) is 13.2 Å². The molecule has 0 fully saturated rings. The van der Waals surface area contributed by atoms with Gasteiger partial charge in [0.2, 0.25) is 0 Å². The molecule has 0 bridgehead atoms. The van der Waals surface area contributed by atoms with Crippen LogP contribution in [0.5, 0.6) is 0 Å². The Labute approximate surface area is 124 Å². The Balaban J connectivity index is 3.20. The highest BCUT2D eigenvalue weighted by molar-refractivity contribution is 5.72. The van der Waals surface area contributed by atoms with Gasteiger partial charge in [-0.05, 0) is 0 Å². The Kier molecular flexibility index (Phi) is 15.0. The van der Waals surface area contributed by atoms with Gasteiger partial charge in [0.1, 0.15) is 12.5 Å². The maximum Gasteiger partial charge on any atom is 0.313 e. The van der Waals surface area contributed by atoms with Crippen LogP contribution in [0, 0.1) is 5.92 Å². The maximum absolute atomic E-state index is 11.2. The molecule has 8 heteroatoms. The standard InChI is InChI=1S/C13H26O8/c1-17-2-3-18-4-5-19-6-7-20-8-9-21-13(16)12(10-14)11-15/h12,14-15H,2-11H2,1H3. The zero-order valence-electron chi connectivity index (χ0n) is 12.5. The number of hydrogen-bond acceptors (Lipinski definition) is 8. The van der Waals surface area contributed by atoms with Crippen molar-refractivity contribution in [3.05, 3.63) is 0 Å². The number of methoxy groups -OCH3 is 1. The van der Waals surface area contributed by atoms with Gasteiger partial charge in [0.05, 0.1) is 59.5 Å². The van der Waals surface area contributed by atoms with Crippen molar-refractivity contribution in [3.63, 3.8) is 0 Å². The van der Waals surface area contributed by atoms with Gasteiger partial charge >= 0.3 is 5.97 Å². The molecule has 2 N–H and O–H groups in total. The van der Waals surface area contributed by atoms with E-state index >= 15 is 0 Å². The largest absolute Gasteiger partial charge is 0.463 e. The molecule has 0 rings (SSSR count). The summed E-state index contributed by atoms with van der Waals surface area (Å²) in [4.78, 5) is 11.2. The topological polar surface area (TPSA) is 104 Å². The van der Waals surface area contributed by atoms with Gasteiger partial charge in [-0.3, -0.25) is 4.79 Å². The second kappa shape index (κ2) is 15.6. The third-order valence-electron chi connectivity index (χ3n) is 2.42. The first kappa shape index (κ1) is 20.2. The van der Waals surface area contributed by atoms with Crippen molar-refractivity contribution in [2.75, 3.05) is 73.2 Å². The first-order chi connectivity index (χ1) is 10.3. The van der Waals surface area contributed by atoms with Gasteiger partial charge in [0.25, 0.3) is 0 Å². The summed E-state index contributed by atoms with van der Waals surface area (Å²) in [7, 11) is 1.61. The van der Waals surface area contributed by atoms with Crippen LogP contribution in [0.25, 0.3) is 0 Å². The Morgan fingerprint density at radius 1 is 0.810 bits per heavy atom. The lowest BCUT2D eigenvalue weighted by atomic mass is 10.2. The van der Waals surface area contributed by atoms with Crippen molar-refractivity contribution in [1.82, 2.24) is 0 Å². The lowest BCUT2D eigenvalue weighted by Gasteiger charge is -2.11. The van der Waals surface area contributed by atoms with Crippen molar-refractivity contribution in [1.29, 1.82) is 0 Å². The van der Waals surface area contributed by atoms with E-state index in [1.54, 1.807) is 7.11 Å². The van der Waals surface area contributed by atoms with E-state index in [0.717, 1.165) is 0 Å². The second-order valence-electron chi connectivity index (χ2n) is 4.06. The van der Waals surface area contributed by atoms with Crippen LogP contribution in [0.1, 0.15) is 0 Å². The molecular weight excluding hydrogens is 284 g/mol. The number of aliphatic hydroxyl groups is 2. The molecule has 126 valence electrons. The van der Waals surface area contributed by atoms with Crippen LogP contribution in [-0.4, -0.2) is 89.4 Å². The summed E-state index contributed by atoms with van der Waals surface area (Å²) in [6, 6.07) is 0. The van der Waals surface area contributed by atoms with Crippen molar-refractivity contribution < 1.29 is 38.7 Å². The van der Waals surface area contributed by atoms with Crippen LogP contribution in [0.2, 0.25) is 0 Å². The third-order valence-corrected chi connectivity index (χ3v) is 2.42. The van der Waals surface area contributed by atoms with Crippen molar-refractivity contribution >= 4 is 5.97 Å². The van der Waals surface area contributed by atoms with E-state index in [1.807, 2.05) is 0 Å². The normalized spacial score (nSPS) is 11.0. The average molecular weight is 310 g/mol. The van der Waals surface area contributed by atoms with Gasteiger partial charge in [-0.15, -0.1) is 0 Å². The van der Waals surface area contributed by atoms with Crippen LogP contribution in [0.3, 0.4) is 0 Å². The Morgan fingerprint density at radius 2 is 1.24 bits per heavy atom. The smallest absolute Gasteiger partial charge is 0.313 e. The average Bonchev–Trinajstić information content (AvgIpc) is 2.49. The summed E-state index contributed by atoms with van der Waals surface area (Å²) in [5.74, 6) is -1.51. The minimum atomic E-state index is -0.883. The summed E-state index contributed by atoms with van der Waals surface area (Å²) in [6.07, 6.45) is 0. The molecule has 8 nitrogen and oxygen atoms in total. The predicted octanol–water partition coefficient (Wildman–Crippen LogP) is -1.17. The number of carbonyl (C=O) groups is 1. The number of hydrogen-bond donors (Lipinski definition) is 2. The van der Waals surface area contributed by atoms with Crippen molar-refractivity contribution in [2.24, 2.45) is 5.92 Å². The van der Waals surface area contributed by atoms with Gasteiger partial charge in [-0.1, -0.05) is 0 Å². The molecule has 21 heavy (non-hydrogen) atoms. The SMILES string of the molecule is COCCOCCOCCOCCOC(=O)C(CO)CO. The summed E-state index contributed by atoms with van der Waals surface area (Å²) in [5.41, 5.74) is 0. The molecule has 0 aliphatic heterocycles. The molecular formula is C13H26O8. The molecule has 0 aromatic rings. The number of carbonyl (C=O) groups excluding carboxylic acids is 1. The summed E-state index contributed by atoms with van der Waals surface area (Å²) in [5, 5.41) is 17.5. The number of ether oxygens (including phenoxy) is 5. The minimum Gasteiger partial charge on any atom is -0.463 e. The fourth-order valence-electron chi connectivity index (χ4n) is 1.21. The first-order valence-corrected chi connectivity index (χ1v) is 6.86. The lowest BCUT2D eigenvalue weighted by Crippen LogP contribution is -2.26. The number of aliphatic hydroxyl groups excluding tert-OH is 2. The van der Waals surface area contributed by atoms with E-state index in [1.165, 1.54) is 0 Å². The van der Waals surface area contributed by atoms with Gasteiger partial charge in [0.15, 0.2) is 0 Å². The monoisotopic (exact) mass is 310 g/mol. The second-order valence-corrected chi connectivity index (χ2v) is 4.06. The highest BCUT2D eigenvalue weighted by atomic mass is 16.6. The molecule has 0 heterocycles. The first-order valence-electron chi connectivity index (χ1n) is 6.86. The third kappa shape index (κ3) is 12.7. The molecule has 0 aliphatic rings. The number of esters is 1. The van der Waals surface area contributed by atoms with Gasteiger partial charge in [-0.2, -0.15) is 0 Å². The van der Waals surface area contributed by atoms with E-state index in [9.17, 15) is 4.79 Å². The van der Waals surface area contributed by atoms with E-state index in [4.69, 9.17) is 33.9 Å². The molecule has 0 atom stereocenters. The maximum atomic E-state index is 11.2. The molecule has 0 unspecified atom stereocenters. The van der Waals surface area contributed by atoms with E-state index in [2.05, 4.69) is 0 Å². The molecule has 0 saturated carbocycles. The van der Waals surface area contributed by atoms with Gasteiger partial charge in [-0.25, -0.2) is 0 Å². The van der Waals surface area contributed by atoms with Crippen LogP contribution in [0.4, 0.5) is 0 Å². The van der Waals surface area contributed by atoms with E-state index in [0.29, 0.717) is 39.6 Å². The molecule has 0 aliphatic carbocycles. The fraction of sp³-hybridized carbons (Fsp3) is 0.923. The lowest BCUT2D eigenvalue weighted by molar-refractivity contribution is -0.153. The molecule has 0 aromatic heterocycles. The predicted molar refractivity (Wildman–Crippen MR) is 73.0 cm³/mol. The minimum absolute atomic E-state index is 0.0788. The molecule has 0 amide bonds.